The quantitative estimate of drug-likeness (QED) is 0.942. The second kappa shape index (κ2) is 6.24. The van der Waals surface area contributed by atoms with Gasteiger partial charge >= 0.3 is 0 Å². The average Bonchev–Trinajstić information content (AvgIpc) is 2.51. The van der Waals surface area contributed by atoms with Gasteiger partial charge in [-0.2, -0.15) is 0 Å². The first-order valence-electron chi connectivity index (χ1n) is 7.10. The van der Waals surface area contributed by atoms with E-state index in [0.29, 0.717) is 12.3 Å². The van der Waals surface area contributed by atoms with Crippen LogP contribution in [0.1, 0.15) is 5.56 Å². The van der Waals surface area contributed by atoms with Gasteiger partial charge in [-0.1, -0.05) is 18.2 Å². The lowest BCUT2D eigenvalue weighted by atomic mass is 10.0. The third-order valence-corrected chi connectivity index (χ3v) is 3.75. The Hall–Kier alpha value is -1.91. The van der Waals surface area contributed by atoms with Gasteiger partial charge in [0.15, 0.2) is 0 Å². The monoisotopic (exact) mass is 287 g/mol. The molecule has 0 unspecified atom stereocenters. The standard InChI is InChI=1S/C17H18FNO2/c18-16-4-1-13(2-5-16)14-3-6-17(20)15(11-14)12-19-7-9-21-10-8-19/h1-6,11,20H,7-10,12H2. The van der Waals surface area contributed by atoms with Gasteiger partial charge in [0.1, 0.15) is 11.6 Å². The van der Waals surface area contributed by atoms with Crippen LogP contribution in [0.2, 0.25) is 0 Å². The van der Waals surface area contributed by atoms with Crippen LogP contribution in [0, 0.1) is 5.82 Å². The molecular weight excluding hydrogens is 269 g/mol. The summed E-state index contributed by atoms with van der Waals surface area (Å²) < 4.78 is 18.3. The van der Waals surface area contributed by atoms with Crippen molar-refractivity contribution in [1.82, 2.24) is 4.90 Å². The first kappa shape index (κ1) is 14.0. The summed E-state index contributed by atoms with van der Waals surface area (Å²) in [5.74, 6) is 0.0541. The number of benzene rings is 2. The second-order valence-electron chi connectivity index (χ2n) is 5.24. The zero-order valence-corrected chi connectivity index (χ0v) is 11.8. The summed E-state index contributed by atoms with van der Waals surface area (Å²) in [6, 6.07) is 11.9. The van der Waals surface area contributed by atoms with E-state index in [1.165, 1.54) is 12.1 Å². The second-order valence-corrected chi connectivity index (χ2v) is 5.24. The number of hydrogen-bond donors (Lipinski definition) is 1. The maximum Gasteiger partial charge on any atom is 0.123 e. The summed E-state index contributed by atoms with van der Waals surface area (Å²) in [6.45, 7) is 3.92. The lowest BCUT2D eigenvalue weighted by Crippen LogP contribution is -2.35. The molecule has 1 saturated heterocycles. The van der Waals surface area contributed by atoms with E-state index >= 15 is 0 Å². The van der Waals surface area contributed by atoms with E-state index in [1.807, 2.05) is 12.1 Å². The number of rotatable bonds is 3. The fraction of sp³-hybridized carbons (Fsp3) is 0.294. The fourth-order valence-corrected chi connectivity index (χ4v) is 2.53. The highest BCUT2D eigenvalue weighted by Gasteiger charge is 2.13. The average molecular weight is 287 g/mol. The van der Waals surface area contributed by atoms with Crippen LogP contribution in [0.25, 0.3) is 11.1 Å². The maximum absolute atomic E-state index is 13.0. The molecule has 3 nitrogen and oxygen atoms in total. The molecule has 0 aromatic heterocycles. The molecule has 1 aliphatic heterocycles. The number of phenolic OH excluding ortho intramolecular Hbond substituents is 1. The predicted octanol–water partition coefficient (Wildman–Crippen LogP) is 3.03. The minimum Gasteiger partial charge on any atom is -0.508 e. The molecule has 0 aliphatic carbocycles. The van der Waals surface area contributed by atoms with Crippen LogP contribution in [0.5, 0.6) is 5.75 Å². The number of nitrogens with zero attached hydrogens (tertiary/aromatic N) is 1. The molecule has 0 spiro atoms. The van der Waals surface area contributed by atoms with Crippen LogP contribution in [-0.4, -0.2) is 36.3 Å². The molecule has 1 heterocycles. The van der Waals surface area contributed by atoms with Crippen molar-refractivity contribution in [3.8, 4) is 16.9 Å². The lowest BCUT2D eigenvalue weighted by Gasteiger charge is -2.27. The van der Waals surface area contributed by atoms with Crippen LogP contribution >= 0.6 is 0 Å². The summed E-state index contributed by atoms with van der Waals surface area (Å²) in [6.07, 6.45) is 0. The highest BCUT2D eigenvalue weighted by molar-refractivity contribution is 5.65. The molecule has 110 valence electrons. The van der Waals surface area contributed by atoms with E-state index in [-0.39, 0.29) is 5.82 Å². The topological polar surface area (TPSA) is 32.7 Å². The zero-order valence-electron chi connectivity index (χ0n) is 11.8. The molecule has 2 aromatic rings. The van der Waals surface area contributed by atoms with Crippen molar-refractivity contribution in [2.45, 2.75) is 6.54 Å². The molecule has 3 rings (SSSR count). The Kier molecular flexibility index (Phi) is 4.18. The van der Waals surface area contributed by atoms with E-state index < -0.39 is 0 Å². The highest BCUT2D eigenvalue weighted by atomic mass is 19.1. The minimum atomic E-state index is -0.244. The smallest absolute Gasteiger partial charge is 0.123 e. The van der Waals surface area contributed by atoms with Gasteiger partial charge in [0.2, 0.25) is 0 Å². The van der Waals surface area contributed by atoms with E-state index in [0.717, 1.165) is 43.0 Å². The van der Waals surface area contributed by atoms with Crippen molar-refractivity contribution >= 4 is 0 Å². The van der Waals surface area contributed by atoms with E-state index in [4.69, 9.17) is 4.74 Å². The number of morpholine rings is 1. The first-order chi connectivity index (χ1) is 10.2. The minimum absolute atomic E-state index is 0.244. The number of phenols is 1. The number of halogens is 1. The van der Waals surface area contributed by atoms with Gasteiger partial charge in [-0.05, 0) is 35.4 Å². The van der Waals surface area contributed by atoms with Crippen molar-refractivity contribution in [1.29, 1.82) is 0 Å². The van der Waals surface area contributed by atoms with Crippen LogP contribution in [0.3, 0.4) is 0 Å². The normalized spacial score (nSPS) is 16.0. The molecule has 0 radical (unpaired) electrons. The van der Waals surface area contributed by atoms with Crippen molar-refractivity contribution < 1.29 is 14.2 Å². The molecule has 0 amide bonds. The van der Waals surface area contributed by atoms with Gasteiger partial charge in [0.05, 0.1) is 13.2 Å². The molecular formula is C17H18FNO2. The fourth-order valence-electron chi connectivity index (χ4n) is 2.53. The Morgan fingerprint density at radius 2 is 1.67 bits per heavy atom. The van der Waals surface area contributed by atoms with E-state index in [9.17, 15) is 9.50 Å². The van der Waals surface area contributed by atoms with Crippen molar-refractivity contribution in [3.63, 3.8) is 0 Å². The summed E-state index contributed by atoms with van der Waals surface area (Å²) in [4.78, 5) is 2.26. The van der Waals surface area contributed by atoms with Gasteiger partial charge in [-0.15, -0.1) is 0 Å². The van der Waals surface area contributed by atoms with Gasteiger partial charge in [0.25, 0.3) is 0 Å². The maximum atomic E-state index is 13.0. The Bertz CT molecular complexity index is 607. The van der Waals surface area contributed by atoms with Crippen molar-refractivity contribution in [2.75, 3.05) is 26.3 Å². The van der Waals surface area contributed by atoms with E-state index in [2.05, 4.69) is 4.90 Å². The molecule has 1 fully saturated rings. The van der Waals surface area contributed by atoms with Crippen LogP contribution < -0.4 is 0 Å². The summed E-state index contributed by atoms with van der Waals surface area (Å²) in [5.41, 5.74) is 2.81. The molecule has 2 aromatic carbocycles. The number of aromatic hydroxyl groups is 1. The highest BCUT2D eigenvalue weighted by Crippen LogP contribution is 2.27. The SMILES string of the molecule is Oc1ccc(-c2ccc(F)cc2)cc1CN1CCOCC1. The Morgan fingerprint density at radius 3 is 2.38 bits per heavy atom. The van der Waals surface area contributed by atoms with Crippen LogP contribution in [-0.2, 0) is 11.3 Å². The Balaban J connectivity index is 1.83. The summed E-state index contributed by atoms with van der Waals surface area (Å²) in [5, 5.41) is 10.0. The molecule has 4 heteroatoms. The molecule has 21 heavy (non-hydrogen) atoms. The first-order valence-corrected chi connectivity index (χ1v) is 7.10. The molecule has 1 aliphatic rings. The summed E-state index contributed by atoms with van der Waals surface area (Å²) >= 11 is 0. The third kappa shape index (κ3) is 3.40. The molecule has 0 saturated carbocycles. The number of hydrogen-bond acceptors (Lipinski definition) is 3. The van der Waals surface area contributed by atoms with Gasteiger partial charge < -0.3 is 9.84 Å². The molecule has 0 bridgehead atoms. The van der Waals surface area contributed by atoms with Crippen molar-refractivity contribution in [2.24, 2.45) is 0 Å². The lowest BCUT2D eigenvalue weighted by molar-refractivity contribution is 0.0339. The summed E-state index contributed by atoms with van der Waals surface area (Å²) in [7, 11) is 0. The van der Waals surface area contributed by atoms with Gasteiger partial charge in [-0.3, -0.25) is 4.90 Å². The Labute approximate surface area is 123 Å². The predicted molar refractivity (Wildman–Crippen MR) is 79.6 cm³/mol. The Morgan fingerprint density at radius 1 is 1.00 bits per heavy atom. The number of ether oxygens (including phenoxy) is 1. The van der Waals surface area contributed by atoms with Gasteiger partial charge in [0, 0.05) is 25.2 Å². The van der Waals surface area contributed by atoms with Crippen molar-refractivity contribution in [3.05, 3.63) is 53.8 Å². The van der Waals surface area contributed by atoms with Gasteiger partial charge in [-0.25, -0.2) is 4.39 Å². The largest absolute Gasteiger partial charge is 0.508 e. The molecule has 1 N–H and O–H groups in total. The van der Waals surface area contributed by atoms with Crippen LogP contribution in [0.4, 0.5) is 4.39 Å². The zero-order chi connectivity index (χ0) is 14.7. The molecule has 0 atom stereocenters. The third-order valence-electron chi connectivity index (χ3n) is 3.75. The van der Waals surface area contributed by atoms with E-state index in [1.54, 1.807) is 18.2 Å². The van der Waals surface area contributed by atoms with Crippen LogP contribution in [0.15, 0.2) is 42.5 Å².